The van der Waals surface area contributed by atoms with Gasteiger partial charge in [0, 0.05) is 5.69 Å². The highest BCUT2D eigenvalue weighted by atomic mass is 35.5. The Balaban J connectivity index is 0.00000161. The molecule has 2 aromatic rings. The van der Waals surface area contributed by atoms with Crippen LogP contribution in [-0.2, 0) is 9.31 Å². The van der Waals surface area contributed by atoms with Crippen LogP contribution in [0, 0.1) is 0 Å². The van der Waals surface area contributed by atoms with Crippen LogP contribution in [0.5, 0.6) is 0 Å². The van der Waals surface area contributed by atoms with Crippen molar-refractivity contribution in [3.8, 4) is 0 Å². The summed E-state index contributed by atoms with van der Waals surface area (Å²) in [6, 6.07) is 12.1. The van der Waals surface area contributed by atoms with Gasteiger partial charge in [0.2, 0.25) is 0 Å². The van der Waals surface area contributed by atoms with Crippen molar-refractivity contribution in [2.45, 2.75) is 38.9 Å². The fourth-order valence-electron chi connectivity index (χ4n) is 2.53. The molecule has 0 unspecified atom stereocenters. The van der Waals surface area contributed by atoms with E-state index in [1.165, 1.54) is 0 Å². The SMILES string of the molecule is CC1(C)OB(c2cc(N)cc3ccccc23)OC1(C)C.Cl. The van der Waals surface area contributed by atoms with Crippen LogP contribution in [0.1, 0.15) is 27.7 Å². The molecule has 0 atom stereocenters. The first kappa shape index (κ1) is 16.2. The van der Waals surface area contributed by atoms with Gasteiger partial charge in [-0.05, 0) is 56.1 Å². The average molecular weight is 306 g/mol. The Hall–Kier alpha value is -1.23. The molecule has 1 fully saturated rings. The van der Waals surface area contributed by atoms with Crippen molar-refractivity contribution < 1.29 is 9.31 Å². The molecule has 2 aromatic carbocycles. The molecule has 1 aliphatic heterocycles. The number of nitrogen functional groups attached to an aromatic ring is 1. The van der Waals surface area contributed by atoms with Gasteiger partial charge in [0.15, 0.2) is 0 Å². The Labute approximate surface area is 132 Å². The smallest absolute Gasteiger partial charge is 0.399 e. The Morgan fingerprint density at radius 1 is 0.952 bits per heavy atom. The van der Waals surface area contributed by atoms with Crippen LogP contribution in [0.25, 0.3) is 10.8 Å². The van der Waals surface area contributed by atoms with Crippen LogP contribution in [-0.4, -0.2) is 18.3 Å². The minimum atomic E-state index is -0.381. The van der Waals surface area contributed by atoms with Gasteiger partial charge in [-0.1, -0.05) is 24.3 Å². The second-order valence-corrected chi connectivity index (χ2v) is 6.42. The van der Waals surface area contributed by atoms with E-state index in [-0.39, 0.29) is 30.7 Å². The summed E-state index contributed by atoms with van der Waals surface area (Å²) in [5, 5.41) is 2.23. The van der Waals surface area contributed by atoms with Crippen molar-refractivity contribution in [3.05, 3.63) is 36.4 Å². The van der Waals surface area contributed by atoms with E-state index in [2.05, 4.69) is 39.8 Å². The second-order valence-electron chi connectivity index (χ2n) is 6.42. The van der Waals surface area contributed by atoms with Gasteiger partial charge in [0.1, 0.15) is 0 Å². The van der Waals surface area contributed by atoms with E-state index >= 15 is 0 Å². The van der Waals surface area contributed by atoms with Crippen molar-refractivity contribution in [1.82, 2.24) is 0 Å². The number of hydrogen-bond acceptors (Lipinski definition) is 3. The molecule has 1 saturated heterocycles. The maximum atomic E-state index is 6.14. The monoisotopic (exact) mass is 305 g/mol. The molecule has 3 rings (SSSR count). The first-order valence-corrected chi connectivity index (χ1v) is 6.94. The van der Waals surface area contributed by atoms with Crippen LogP contribution in [0.3, 0.4) is 0 Å². The van der Waals surface area contributed by atoms with Crippen LogP contribution >= 0.6 is 12.4 Å². The summed E-state index contributed by atoms with van der Waals surface area (Å²) in [5.74, 6) is 0. The van der Waals surface area contributed by atoms with Crippen molar-refractivity contribution >= 4 is 41.4 Å². The Kier molecular flexibility index (Phi) is 4.00. The maximum Gasteiger partial charge on any atom is 0.495 e. The molecule has 0 amide bonds. The van der Waals surface area contributed by atoms with E-state index in [1.807, 2.05) is 24.3 Å². The highest BCUT2D eigenvalue weighted by Crippen LogP contribution is 2.37. The molecular weight excluding hydrogens is 284 g/mol. The highest BCUT2D eigenvalue weighted by Gasteiger charge is 2.52. The van der Waals surface area contributed by atoms with Gasteiger partial charge in [0.05, 0.1) is 11.2 Å². The normalized spacial score (nSPS) is 19.5. The molecule has 1 heterocycles. The summed E-state index contributed by atoms with van der Waals surface area (Å²) < 4.78 is 12.3. The number of halogens is 1. The molecule has 3 nitrogen and oxygen atoms in total. The summed E-state index contributed by atoms with van der Waals surface area (Å²) in [6.07, 6.45) is 0. The molecule has 5 heteroatoms. The predicted molar refractivity (Wildman–Crippen MR) is 91.3 cm³/mol. The zero-order chi connectivity index (χ0) is 14.5. The van der Waals surface area contributed by atoms with Crippen LogP contribution in [0.15, 0.2) is 36.4 Å². The van der Waals surface area contributed by atoms with Gasteiger partial charge in [-0.3, -0.25) is 0 Å². The van der Waals surface area contributed by atoms with E-state index < -0.39 is 0 Å². The summed E-state index contributed by atoms with van der Waals surface area (Å²) in [4.78, 5) is 0. The van der Waals surface area contributed by atoms with E-state index in [0.717, 1.165) is 21.9 Å². The average Bonchev–Trinajstić information content (AvgIpc) is 2.57. The minimum Gasteiger partial charge on any atom is -0.399 e. The lowest BCUT2D eigenvalue weighted by atomic mass is 9.76. The first-order chi connectivity index (χ1) is 9.30. The van der Waals surface area contributed by atoms with E-state index in [9.17, 15) is 0 Å². The third-order valence-electron chi connectivity index (χ3n) is 4.42. The second kappa shape index (κ2) is 5.20. The summed E-state index contributed by atoms with van der Waals surface area (Å²) in [7, 11) is -0.381. The summed E-state index contributed by atoms with van der Waals surface area (Å²) >= 11 is 0. The summed E-state index contributed by atoms with van der Waals surface area (Å²) in [6.45, 7) is 8.23. The van der Waals surface area contributed by atoms with Crippen molar-refractivity contribution in [2.75, 3.05) is 5.73 Å². The molecule has 0 aliphatic carbocycles. The van der Waals surface area contributed by atoms with Gasteiger partial charge >= 0.3 is 7.12 Å². The van der Waals surface area contributed by atoms with Crippen LogP contribution < -0.4 is 11.2 Å². The Morgan fingerprint density at radius 3 is 2.14 bits per heavy atom. The molecule has 0 aromatic heterocycles. The van der Waals surface area contributed by atoms with Gasteiger partial charge in [-0.25, -0.2) is 0 Å². The number of anilines is 1. The molecule has 21 heavy (non-hydrogen) atoms. The third-order valence-corrected chi connectivity index (χ3v) is 4.42. The lowest BCUT2D eigenvalue weighted by Gasteiger charge is -2.32. The highest BCUT2D eigenvalue weighted by molar-refractivity contribution is 6.65. The first-order valence-electron chi connectivity index (χ1n) is 6.94. The largest absolute Gasteiger partial charge is 0.495 e. The van der Waals surface area contributed by atoms with Crippen LogP contribution in [0.2, 0.25) is 0 Å². The Bertz CT molecular complexity index is 656. The van der Waals surface area contributed by atoms with Crippen molar-refractivity contribution in [1.29, 1.82) is 0 Å². The Morgan fingerprint density at radius 2 is 1.52 bits per heavy atom. The number of hydrogen-bond donors (Lipinski definition) is 1. The molecule has 0 spiro atoms. The number of benzene rings is 2. The number of nitrogens with two attached hydrogens (primary N) is 1. The molecule has 2 N–H and O–H groups in total. The third kappa shape index (κ3) is 2.64. The molecule has 1 aliphatic rings. The van der Waals surface area contributed by atoms with Gasteiger partial charge in [0.25, 0.3) is 0 Å². The molecule has 0 saturated carbocycles. The lowest BCUT2D eigenvalue weighted by Crippen LogP contribution is -2.41. The molecule has 0 bridgehead atoms. The maximum absolute atomic E-state index is 6.14. The number of rotatable bonds is 1. The topological polar surface area (TPSA) is 44.5 Å². The zero-order valence-electron chi connectivity index (χ0n) is 12.8. The van der Waals surface area contributed by atoms with E-state index in [1.54, 1.807) is 0 Å². The van der Waals surface area contributed by atoms with Crippen molar-refractivity contribution in [2.24, 2.45) is 0 Å². The predicted octanol–water partition coefficient (Wildman–Crippen LogP) is 3.14. The fourth-order valence-corrected chi connectivity index (χ4v) is 2.53. The van der Waals surface area contributed by atoms with Gasteiger partial charge < -0.3 is 15.0 Å². The minimum absolute atomic E-state index is 0. The van der Waals surface area contributed by atoms with Gasteiger partial charge in [-0.2, -0.15) is 0 Å². The molecule has 0 radical (unpaired) electrons. The van der Waals surface area contributed by atoms with Crippen LogP contribution in [0.4, 0.5) is 5.69 Å². The fraction of sp³-hybridized carbons (Fsp3) is 0.375. The van der Waals surface area contributed by atoms with Crippen molar-refractivity contribution in [3.63, 3.8) is 0 Å². The van der Waals surface area contributed by atoms with E-state index in [4.69, 9.17) is 15.0 Å². The standard InChI is InChI=1S/C16H20BNO2.ClH/c1-15(2)16(3,4)20-17(19-15)14-10-12(18)9-11-7-5-6-8-13(11)14;/h5-10H,18H2,1-4H3;1H. The van der Waals surface area contributed by atoms with Gasteiger partial charge in [-0.15, -0.1) is 12.4 Å². The quantitative estimate of drug-likeness (QED) is 0.650. The number of fused-ring (bicyclic) bond motifs is 1. The molecular formula is C16H21BClNO2. The lowest BCUT2D eigenvalue weighted by molar-refractivity contribution is 0.00578. The molecule has 112 valence electrons. The summed E-state index contributed by atoms with van der Waals surface area (Å²) in [5.41, 5.74) is 7.06. The van der Waals surface area contributed by atoms with E-state index in [0.29, 0.717) is 0 Å². The zero-order valence-corrected chi connectivity index (χ0v) is 13.7.